The Morgan fingerprint density at radius 2 is 1.69 bits per heavy atom. The molecule has 0 bridgehead atoms. The molecule has 32 heavy (non-hydrogen) atoms. The van der Waals surface area contributed by atoms with Crippen molar-refractivity contribution in [3.63, 3.8) is 0 Å². The van der Waals surface area contributed by atoms with Gasteiger partial charge in [-0.1, -0.05) is 24.3 Å². The summed E-state index contributed by atoms with van der Waals surface area (Å²) in [6.45, 7) is 1.03. The molecule has 0 unspecified atom stereocenters. The number of rotatable bonds is 10. The van der Waals surface area contributed by atoms with Crippen molar-refractivity contribution < 1.29 is 16.8 Å². The molecular formula is C22H28ClN3O4S2. The fraction of sp³-hybridized carbons (Fsp3) is 0.318. The number of aryl methyl sites for hydroxylation is 1. The Morgan fingerprint density at radius 3 is 2.41 bits per heavy atom. The second-order valence-electron chi connectivity index (χ2n) is 7.42. The molecule has 0 atom stereocenters. The molecule has 10 heteroatoms. The van der Waals surface area contributed by atoms with E-state index in [1.165, 1.54) is 10.6 Å². The highest BCUT2D eigenvalue weighted by Crippen LogP contribution is 2.25. The molecule has 2 N–H and O–H groups in total. The zero-order valence-electron chi connectivity index (χ0n) is 17.8. The van der Waals surface area contributed by atoms with Crippen LogP contribution < -0.4 is 5.73 Å². The van der Waals surface area contributed by atoms with Crippen LogP contribution in [0.3, 0.4) is 0 Å². The number of hydrogen-bond donors (Lipinski definition) is 1. The largest absolute Gasteiger partial charge is 0.330 e. The predicted octanol–water partition coefficient (Wildman–Crippen LogP) is 3.03. The van der Waals surface area contributed by atoms with Crippen LogP contribution >= 0.6 is 12.4 Å². The quantitative estimate of drug-likeness (QED) is 0.461. The molecule has 0 aliphatic rings. The first kappa shape index (κ1) is 26.2. The molecule has 0 fully saturated rings. The number of aromatic nitrogens is 1. The Hall–Kier alpha value is -2.04. The van der Waals surface area contributed by atoms with Crippen molar-refractivity contribution in [3.8, 4) is 0 Å². The molecule has 0 saturated heterocycles. The van der Waals surface area contributed by atoms with Crippen LogP contribution in [0.4, 0.5) is 0 Å². The lowest BCUT2D eigenvalue weighted by atomic mass is 10.1. The maximum Gasteiger partial charge on any atom is 0.243 e. The third kappa shape index (κ3) is 6.26. The van der Waals surface area contributed by atoms with E-state index >= 15 is 0 Å². The smallest absolute Gasteiger partial charge is 0.243 e. The van der Waals surface area contributed by atoms with Gasteiger partial charge in [-0.05, 0) is 55.6 Å². The van der Waals surface area contributed by atoms with E-state index in [4.69, 9.17) is 5.73 Å². The van der Waals surface area contributed by atoms with Gasteiger partial charge in [0.05, 0.1) is 9.79 Å². The van der Waals surface area contributed by atoms with Crippen LogP contribution in [0.1, 0.15) is 18.4 Å². The number of hydrogen-bond acceptors (Lipinski definition) is 6. The minimum absolute atomic E-state index is 0. The van der Waals surface area contributed by atoms with Gasteiger partial charge in [0.2, 0.25) is 10.0 Å². The summed E-state index contributed by atoms with van der Waals surface area (Å²) < 4.78 is 52.0. The Kier molecular flexibility index (Phi) is 9.18. The summed E-state index contributed by atoms with van der Waals surface area (Å²) >= 11 is 0. The molecule has 0 spiro atoms. The normalized spacial score (nSPS) is 12.1. The fourth-order valence-electron chi connectivity index (χ4n) is 3.47. The molecule has 0 amide bonds. The summed E-state index contributed by atoms with van der Waals surface area (Å²) in [7, 11) is -7.02. The minimum Gasteiger partial charge on any atom is -0.330 e. The van der Waals surface area contributed by atoms with Gasteiger partial charge in [0, 0.05) is 42.5 Å². The van der Waals surface area contributed by atoms with Crippen LogP contribution in [0.5, 0.6) is 0 Å². The molecule has 0 aliphatic carbocycles. The summed E-state index contributed by atoms with van der Waals surface area (Å²) in [4.78, 5) is 4.59. The molecule has 1 heterocycles. The zero-order valence-corrected chi connectivity index (χ0v) is 20.3. The van der Waals surface area contributed by atoms with Crippen LogP contribution in [-0.4, -0.2) is 52.0 Å². The summed E-state index contributed by atoms with van der Waals surface area (Å²) in [6, 6.07) is 13.6. The monoisotopic (exact) mass is 497 g/mol. The van der Waals surface area contributed by atoms with E-state index < -0.39 is 19.9 Å². The maximum atomic E-state index is 13.5. The molecule has 3 aromatic rings. The van der Waals surface area contributed by atoms with E-state index in [0.29, 0.717) is 44.3 Å². The number of sulfone groups is 1. The van der Waals surface area contributed by atoms with E-state index in [1.54, 1.807) is 48.8 Å². The van der Waals surface area contributed by atoms with Gasteiger partial charge >= 0.3 is 0 Å². The van der Waals surface area contributed by atoms with Crippen molar-refractivity contribution >= 4 is 43.0 Å². The molecule has 0 aliphatic heterocycles. The highest BCUT2D eigenvalue weighted by atomic mass is 35.5. The molecule has 7 nitrogen and oxygen atoms in total. The van der Waals surface area contributed by atoms with E-state index in [9.17, 15) is 16.8 Å². The molecule has 0 radical (unpaired) electrons. The zero-order chi connectivity index (χ0) is 22.5. The Bertz CT molecular complexity index is 1260. The Balaban J connectivity index is 0.00000363. The van der Waals surface area contributed by atoms with Gasteiger partial charge in [0.1, 0.15) is 0 Å². The van der Waals surface area contributed by atoms with Crippen molar-refractivity contribution in [3.05, 3.63) is 66.5 Å². The lowest BCUT2D eigenvalue weighted by Crippen LogP contribution is -2.34. The first-order chi connectivity index (χ1) is 14.7. The van der Waals surface area contributed by atoms with Crippen LogP contribution in [0.15, 0.2) is 70.7 Å². The van der Waals surface area contributed by atoms with E-state index in [-0.39, 0.29) is 22.2 Å². The van der Waals surface area contributed by atoms with Crippen molar-refractivity contribution in [1.29, 1.82) is 0 Å². The number of sulfonamides is 1. The standard InChI is InChI=1S/C22H27N3O4S2.ClH/c1-30(26,27)20-9-2-6-18(16-20)7-4-14-25(15-5-12-23)31(28,29)22-10-3-8-19-17-24-13-11-21(19)22;/h2-3,6,8-11,13,16-17H,4-5,7,12,14-15,23H2,1H3;1H. The number of nitrogens with zero attached hydrogens (tertiary/aromatic N) is 2. The van der Waals surface area contributed by atoms with Crippen molar-refractivity contribution in [2.75, 3.05) is 25.9 Å². The minimum atomic E-state index is -3.73. The molecule has 174 valence electrons. The summed E-state index contributed by atoms with van der Waals surface area (Å²) in [5.41, 5.74) is 6.50. The van der Waals surface area contributed by atoms with Crippen LogP contribution in [0, 0.1) is 0 Å². The van der Waals surface area contributed by atoms with Gasteiger partial charge in [-0.3, -0.25) is 4.98 Å². The van der Waals surface area contributed by atoms with Crippen LogP contribution in [0.2, 0.25) is 0 Å². The van der Waals surface area contributed by atoms with E-state index in [1.807, 2.05) is 12.1 Å². The average Bonchev–Trinajstić information content (AvgIpc) is 2.75. The second kappa shape index (κ2) is 11.2. The van der Waals surface area contributed by atoms with Gasteiger partial charge in [-0.2, -0.15) is 4.31 Å². The summed E-state index contributed by atoms with van der Waals surface area (Å²) in [6.07, 6.45) is 6.08. The average molecular weight is 498 g/mol. The highest BCUT2D eigenvalue weighted by Gasteiger charge is 2.25. The predicted molar refractivity (Wildman–Crippen MR) is 129 cm³/mol. The molecular weight excluding hydrogens is 470 g/mol. The summed E-state index contributed by atoms with van der Waals surface area (Å²) in [5.74, 6) is 0. The molecule has 1 aromatic heterocycles. The Morgan fingerprint density at radius 1 is 0.969 bits per heavy atom. The third-order valence-electron chi connectivity index (χ3n) is 5.07. The van der Waals surface area contributed by atoms with Gasteiger partial charge in [-0.25, -0.2) is 16.8 Å². The Labute approximate surface area is 196 Å². The summed E-state index contributed by atoms with van der Waals surface area (Å²) in [5, 5.41) is 1.40. The third-order valence-corrected chi connectivity index (χ3v) is 8.14. The highest BCUT2D eigenvalue weighted by molar-refractivity contribution is 7.90. The molecule has 3 rings (SSSR count). The number of pyridine rings is 1. The van der Waals surface area contributed by atoms with Crippen molar-refractivity contribution in [2.45, 2.75) is 29.1 Å². The molecule has 2 aromatic carbocycles. The fourth-order valence-corrected chi connectivity index (χ4v) is 5.89. The lowest BCUT2D eigenvalue weighted by Gasteiger charge is -2.23. The lowest BCUT2D eigenvalue weighted by molar-refractivity contribution is 0.401. The van der Waals surface area contributed by atoms with Gasteiger partial charge in [0.25, 0.3) is 0 Å². The number of nitrogens with two attached hydrogens (primary N) is 1. The van der Waals surface area contributed by atoms with E-state index in [2.05, 4.69) is 4.98 Å². The van der Waals surface area contributed by atoms with Gasteiger partial charge < -0.3 is 5.73 Å². The second-order valence-corrected chi connectivity index (χ2v) is 11.3. The first-order valence-electron chi connectivity index (χ1n) is 10.1. The van der Waals surface area contributed by atoms with Gasteiger partial charge in [-0.15, -0.1) is 12.4 Å². The molecule has 0 saturated carbocycles. The number of benzene rings is 2. The topological polar surface area (TPSA) is 110 Å². The number of halogens is 1. The number of fused-ring (bicyclic) bond motifs is 1. The van der Waals surface area contributed by atoms with Crippen molar-refractivity contribution in [1.82, 2.24) is 9.29 Å². The maximum absolute atomic E-state index is 13.5. The SMILES string of the molecule is CS(=O)(=O)c1cccc(CCCN(CCCN)S(=O)(=O)c2cccc3cnccc23)c1.Cl. The van der Waals surface area contributed by atoms with E-state index in [0.717, 1.165) is 10.9 Å². The first-order valence-corrected chi connectivity index (χ1v) is 13.4. The van der Waals surface area contributed by atoms with Crippen LogP contribution in [-0.2, 0) is 26.3 Å². The van der Waals surface area contributed by atoms with Gasteiger partial charge in [0.15, 0.2) is 9.84 Å². The van der Waals surface area contributed by atoms with Crippen molar-refractivity contribution in [2.24, 2.45) is 5.73 Å². The van der Waals surface area contributed by atoms with Crippen LogP contribution in [0.25, 0.3) is 10.8 Å².